The molecule has 1 aromatic carbocycles. The fourth-order valence-corrected chi connectivity index (χ4v) is 2.33. The van der Waals surface area contributed by atoms with Gasteiger partial charge in [0.1, 0.15) is 5.75 Å². The van der Waals surface area contributed by atoms with Gasteiger partial charge in [0.05, 0.1) is 4.88 Å². The highest BCUT2D eigenvalue weighted by Crippen LogP contribution is 2.22. The normalized spacial score (nSPS) is 10.6. The van der Waals surface area contributed by atoms with Gasteiger partial charge in [-0.1, -0.05) is 29.4 Å². The number of hydrogen-bond acceptors (Lipinski definition) is 5. The summed E-state index contributed by atoms with van der Waals surface area (Å²) in [4.78, 5) is 5.30. The minimum Gasteiger partial charge on any atom is -0.483 e. The van der Waals surface area contributed by atoms with Crippen molar-refractivity contribution in [3.63, 3.8) is 0 Å². The Morgan fingerprint density at radius 2 is 2.11 bits per heavy atom. The largest absolute Gasteiger partial charge is 0.483 e. The second-order valence-corrected chi connectivity index (χ2v) is 4.99. The summed E-state index contributed by atoms with van der Waals surface area (Å²) in [6.45, 7) is 2.28. The Hall–Kier alpha value is -2.14. The summed E-state index contributed by atoms with van der Waals surface area (Å²) >= 11 is 1.58. The number of rotatable bonds is 4. The molecule has 0 saturated heterocycles. The molecule has 3 aromatic rings. The molecule has 0 amide bonds. The van der Waals surface area contributed by atoms with Gasteiger partial charge in [0.2, 0.25) is 5.82 Å². The van der Waals surface area contributed by atoms with Crippen molar-refractivity contribution >= 4 is 11.3 Å². The van der Waals surface area contributed by atoms with Gasteiger partial charge < -0.3 is 9.26 Å². The Bertz CT molecular complexity index is 662. The SMILES string of the molecule is Cc1ccccc1OCc1nc(-c2cccs2)no1. The van der Waals surface area contributed by atoms with Crippen molar-refractivity contribution < 1.29 is 9.26 Å². The van der Waals surface area contributed by atoms with Crippen LogP contribution in [0.15, 0.2) is 46.3 Å². The predicted molar refractivity (Wildman–Crippen MR) is 73.1 cm³/mol. The fraction of sp³-hybridized carbons (Fsp3) is 0.143. The van der Waals surface area contributed by atoms with E-state index in [-0.39, 0.29) is 6.61 Å². The number of para-hydroxylation sites is 1. The Morgan fingerprint density at radius 3 is 2.89 bits per heavy atom. The second-order valence-electron chi connectivity index (χ2n) is 4.04. The van der Waals surface area contributed by atoms with Crippen molar-refractivity contribution in [2.45, 2.75) is 13.5 Å². The topological polar surface area (TPSA) is 48.2 Å². The van der Waals surface area contributed by atoms with Crippen LogP contribution in [-0.4, -0.2) is 10.1 Å². The van der Waals surface area contributed by atoms with E-state index in [1.807, 2.05) is 48.7 Å². The Labute approximate surface area is 114 Å². The molecule has 0 spiro atoms. The molecule has 0 fully saturated rings. The molecule has 2 aromatic heterocycles. The zero-order valence-corrected chi connectivity index (χ0v) is 11.2. The molecule has 0 radical (unpaired) electrons. The molecular formula is C14H12N2O2S. The third kappa shape index (κ3) is 2.66. The lowest BCUT2D eigenvalue weighted by atomic mass is 10.2. The molecule has 0 aliphatic heterocycles. The molecule has 0 N–H and O–H groups in total. The van der Waals surface area contributed by atoms with Crippen molar-refractivity contribution in [2.75, 3.05) is 0 Å². The van der Waals surface area contributed by atoms with Gasteiger partial charge >= 0.3 is 0 Å². The molecule has 0 aliphatic carbocycles. The van der Waals surface area contributed by atoms with E-state index >= 15 is 0 Å². The van der Waals surface area contributed by atoms with Crippen molar-refractivity contribution in [2.24, 2.45) is 0 Å². The van der Waals surface area contributed by atoms with E-state index in [1.54, 1.807) is 11.3 Å². The van der Waals surface area contributed by atoms with Crippen LogP contribution in [-0.2, 0) is 6.61 Å². The minimum atomic E-state index is 0.281. The predicted octanol–water partition coefficient (Wildman–Crippen LogP) is 3.69. The second kappa shape index (κ2) is 5.24. The van der Waals surface area contributed by atoms with Gasteiger partial charge in [-0.2, -0.15) is 4.98 Å². The van der Waals surface area contributed by atoms with Crippen LogP contribution in [0.1, 0.15) is 11.5 Å². The van der Waals surface area contributed by atoms with Crippen LogP contribution in [0.4, 0.5) is 0 Å². The molecule has 5 heteroatoms. The summed E-state index contributed by atoms with van der Waals surface area (Å²) in [5.41, 5.74) is 1.08. The molecule has 2 heterocycles. The highest BCUT2D eigenvalue weighted by molar-refractivity contribution is 7.13. The van der Waals surface area contributed by atoms with E-state index in [4.69, 9.17) is 9.26 Å². The molecule has 4 nitrogen and oxygen atoms in total. The van der Waals surface area contributed by atoms with E-state index in [2.05, 4.69) is 10.1 Å². The maximum Gasteiger partial charge on any atom is 0.264 e. The van der Waals surface area contributed by atoms with Gasteiger partial charge in [-0.3, -0.25) is 0 Å². The summed E-state index contributed by atoms with van der Waals surface area (Å²) < 4.78 is 10.8. The standard InChI is InChI=1S/C14H12N2O2S/c1-10-5-2-3-6-11(10)17-9-13-15-14(16-18-13)12-7-4-8-19-12/h2-8H,9H2,1H3. The first-order valence-corrected chi connectivity index (χ1v) is 6.76. The third-order valence-corrected chi connectivity index (χ3v) is 3.52. The van der Waals surface area contributed by atoms with Crippen LogP contribution < -0.4 is 4.74 Å². The fourth-order valence-electron chi connectivity index (χ4n) is 1.68. The Morgan fingerprint density at radius 1 is 1.21 bits per heavy atom. The summed E-state index contributed by atoms with van der Waals surface area (Å²) in [7, 11) is 0. The number of benzene rings is 1. The van der Waals surface area contributed by atoms with Crippen molar-refractivity contribution in [1.29, 1.82) is 0 Å². The Balaban J connectivity index is 1.70. The van der Waals surface area contributed by atoms with Gasteiger partial charge in [0, 0.05) is 0 Å². The average molecular weight is 272 g/mol. The summed E-state index contributed by atoms with van der Waals surface area (Å²) in [6.07, 6.45) is 0. The number of aromatic nitrogens is 2. The van der Waals surface area contributed by atoms with Crippen LogP contribution in [0.25, 0.3) is 10.7 Å². The minimum absolute atomic E-state index is 0.281. The molecule has 0 aliphatic rings. The first kappa shape index (κ1) is 11.9. The van der Waals surface area contributed by atoms with Gasteiger partial charge in [0.15, 0.2) is 6.61 Å². The quantitative estimate of drug-likeness (QED) is 0.726. The highest BCUT2D eigenvalue weighted by atomic mass is 32.1. The zero-order chi connectivity index (χ0) is 13.1. The van der Waals surface area contributed by atoms with Crippen LogP contribution in [0.3, 0.4) is 0 Å². The van der Waals surface area contributed by atoms with Crippen LogP contribution >= 0.6 is 11.3 Å². The summed E-state index contributed by atoms with van der Waals surface area (Å²) in [5, 5.41) is 5.92. The number of nitrogens with zero attached hydrogens (tertiary/aromatic N) is 2. The van der Waals surface area contributed by atoms with E-state index in [0.29, 0.717) is 11.7 Å². The molecule has 0 atom stereocenters. The molecular weight excluding hydrogens is 260 g/mol. The monoisotopic (exact) mass is 272 g/mol. The lowest BCUT2D eigenvalue weighted by Gasteiger charge is -2.05. The highest BCUT2D eigenvalue weighted by Gasteiger charge is 2.10. The molecule has 96 valence electrons. The number of hydrogen-bond donors (Lipinski definition) is 0. The van der Waals surface area contributed by atoms with E-state index < -0.39 is 0 Å². The Kier molecular flexibility index (Phi) is 3.29. The first-order chi connectivity index (χ1) is 9.33. The molecule has 0 bridgehead atoms. The van der Waals surface area contributed by atoms with Crippen LogP contribution in [0.2, 0.25) is 0 Å². The lowest BCUT2D eigenvalue weighted by molar-refractivity contribution is 0.242. The van der Waals surface area contributed by atoms with Crippen molar-refractivity contribution in [3.8, 4) is 16.5 Å². The van der Waals surface area contributed by atoms with Crippen LogP contribution in [0.5, 0.6) is 5.75 Å². The molecule has 3 rings (SSSR count). The number of aryl methyl sites for hydroxylation is 1. The zero-order valence-electron chi connectivity index (χ0n) is 10.4. The van der Waals surface area contributed by atoms with E-state index in [9.17, 15) is 0 Å². The molecule has 0 unspecified atom stereocenters. The summed E-state index contributed by atoms with van der Waals surface area (Å²) in [6, 6.07) is 11.8. The maximum atomic E-state index is 5.66. The van der Waals surface area contributed by atoms with Gasteiger partial charge in [-0.25, -0.2) is 0 Å². The number of thiophene rings is 1. The summed E-state index contributed by atoms with van der Waals surface area (Å²) in [5.74, 6) is 1.92. The van der Waals surface area contributed by atoms with Crippen molar-refractivity contribution in [3.05, 3.63) is 53.2 Å². The third-order valence-electron chi connectivity index (χ3n) is 2.65. The van der Waals surface area contributed by atoms with Gasteiger partial charge in [-0.15, -0.1) is 11.3 Å². The smallest absolute Gasteiger partial charge is 0.264 e. The molecule has 19 heavy (non-hydrogen) atoms. The van der Waals surface area contributed by atoms with E-state index in [1.165, 1.54) is 0 Å². The lowest BCUT2D eigenvalue weighted by Crippen LogP contribution is -1.97. The first-order valence-electron chi connectivity index (χ1n) is 5.88. The molecule has 0 saturated carbocycles. The van der Waals surface area contributed by atoms with Crippen molar-refractivity contribution in [1.82, 2.24) is 10.1 Å². The number of ether oxygens (including phenoxy) is 1. The van der Waals surface area contributed by atoms with Gasteiger partial charge in [0.25, 0.3) is 5.89 Å². The van der Waals surface area contributed by atoms with E-state index in [0.717, 1.165) is 16.2 Å². The van der Waals surface area contributed by atoms with Gasteiger partial charge in [-0.05, 0) is 30.0 Å². The van der Waals surface area contributed by atoms with Crippen LogP contribution in [0, 0.1) is 6.92 Å². The average Bonchev–Trinajstić information content (AvgIpc) is 3.09. The maximum absolute atomic E-state index is 5.66.